The van der Waals surface area contributed by atoms with Crippen molar-refractivity contribution < 1.29 is 14.6 Å². The minimum Gasteiger partial charge on any atom is -0.507 e. The van der Waals surface area contributed by atoms with Crippen LogP contribution in [-0.4, -0.2) is 17.4 Å². The van der Waals surface area contributed by atoms with Crippen molar-refractivity contribution in [1.29, 1.82) is 0 Å². The van der Waals surface area contributed by atoms with Gasteiger partial charge in [0.15, 0.2) is 5.78 Å². The molecule has 0 saturated heterocycles. The molecule has 0 fully saturated rings. The lowest BCUT2D eigenvalue weighted by molar-refractivity contribution is 0.0993. The van der Waals surface area contributed by atoms with Gasteiger partial charge in [-0.15, -0.1) is 0 Å². The summed E-state index contributed by atoms with van der Waals surface area (Å²) < 4.78 is 5.20. The van der Waals surface area contributed by atoms with E-state index in [4.69, 9.17) is 10.5 Å². The number of nitrogens with two attached hydrogens (primary N) is 1. The van der Waals surface area contributed by atoms with E-state index in [2.05, 4.69) is 0 Å². The molecule has 74 valence electrons. The highest BCUT2D eigenvalue weighted by Crippen LogP contribution is 2.30. The van der Waals surface area contributed by atoms with Gasteiger partial charge in [-0.2, -0.15) is 0 Å². The van der Waals surface area contributed by atoms with Gasteiger partial charge in [-0.1, -0.05) is 6.07 Å². The van der Waals surface area contributed by atoms with Gasteiger partial charge >= 0.3 is 0 Å². The molecular weight excluding hydrogens is 182 g/mol. The highest BCUT2D eigenvalue weighted by molar-refractivity contribution is 6.01. The van der Waals surface area contributed by atoms with Gasteiger partial charge in [0.25, 0.3) is 0 Å². The number of Topliss-reactive ketones (excluding diaryl/α,β-unsaturated/α-hetero) is 1. The fraction of sp³-hybridized carbons (Fsp3) is 0.300. The molecule has 4 nitrogen and oxygen atoms in total. The summed E-state index contributed by atoms with van der Waals surface area (Å²) in [7, 11) is 0. The summed E-state index contributed by atoms with van der Waals surface area (Å²) in [5.41, 5.74) is 7.32. The van der Waals surface area contributed by atoms with Crippen LogP contribution in [0.4, 0.5) is 0 Å². The molecule has 1 aliphatic heterocycles. The quantitative estimate of drug-likeness (QED) is 0.673. The first kappa shape index (κ1) is 9.18. The maximum Gasteiger partial charge on any atom is 0.180 e. The first-order chi connectivity index (χ1) is 6.74. The first-order valence-electron chi connectivity index (χ1n) is 4.38. The monoisotopic (exact) mass is 193 g/mol. The van der Waals surface area contributed by atoms with E-state index in [9.17, 15) is 9.90 Å². The van der Waals surface area contributed by atoms with Gasteiger partial charge in [0.2, 0.25) is 0 Å². The molecule has 2 rings (SSSR count). The Morgan fingerprint density at radius 1 is 1.50 bits per heavy atom. The number of phenolic OH excluding ortho intramolecular Hbond substituents is 1. The molecule has 0 saturated carbocycles. The summed E-state index contributed by atoms with van der Waals surface area (Å²) in [6.45, 7) is 0.787. The van der Waals surface area contributed by atoms with Crippen LogP contribution in [0.5, 0.6) is 5.75 Å². The number of carbonyl (C=O) groups is 1. The van der Waals surface area contributed by atoms with Crippen LogP contribution in [0, 0.1) is 0 Å². The van der Waals surface area contributed by atoms with Gasteiger partial charge in [-0.05, 0) is 17.2 Å². The third kappa shape index (κ3) is 1.29. The second kappa shape index (κ2) is 3.40. The Morgan fingerprint density at radius 3 is 3.00 bits per heavy atom. The van der Waals surface area contributed by atoms with Crippen molar-refractivity contribution in [2.75, 3.05) is 6.54 Å². The Labute approximate surface area is 81.3 Å². The molecule has 1 heterocycles. The number of benzene rings is 1. The van der Waals surface area contributed by atoms with E-state index in [0.29, 0.717) is 18.8 Å². The van der Waals surface area contributed by atoms with E-state index >= 15 is 0 Å². The van der Waals surface area contributed by atoms with Gasteiger partial charge in [0, 0.05) is 0 Å². The molecule has 1 aromatic carbocycles. The molecule has 0 aliphatic carbocycles. The Kier molecular flexibility index (Phi) is 2.23. The lowest BCUT2D eigenvalue weighted by Gasteiger charge is -2.06. The average Bonchev–Trinajstić information content (AvgIpc) is 2.64. The number of phenols is 1. The Hall–Kier alpha value is -1.39. The molecule has 0 radical (unpaired) electrons. The van der Waals surface area contributed by atoms with Crippen molar-refractivity contribution in [2.45, 2.75) is 13.2 Å². The molecule has 0 unspecified atom stereocenters. The van der Waals surface area contributed by atoms with E-state index in [1.54, 1.807) is 6.07 Å². The molecule has 1 aromatic rings. The summed E-state index contributed by atoms with van der Waals surface area (Å²) in [5.74, 6) is -0.255. The van der Waals surface area contributed by atoms with Crippen molar-refractivity contribution in [2.24, 2.45) is 5.73 Å². The highest BCUT2D eigenvalue weighted by atomic mass is 16.5. The molecule has 1 aliphatic rings. The molecule has 3 N–H and O–H groups in total. The molecule has 0 aromatic heterocycles. The molecule has 0 amide bonds. The third-order valence-electron chi connectivity index (χ3n) is 2.36. The van der Waals surface area contributed by atoms with Gasteiger partial charge in [0.1, 0.15) is 5.75 Å². The lowest BCUT2D eigenvalue weighted by atomic mass is 9.99. The van der Waals surface area contributed by atoms with Gasteiger partial charge in [-0.25, -0.2) is 0 Å². The van der Waals surface area contributed by atoms with Crippen molar-refractivity contribution in [3.05, 3.63) is 28.8 Å². The van der Waals surface area contributed by atoms with Crippen molar-refractivity contribution in [1.82, 2.24) is 0 Å². The van der Waals surface area contributed by atoms with E-state index < -0.39 is 0 Å². The Morgan fingerprint density at radius 2 is 2.29 bits per heavy atom. The average molecular weight is 193 g/mol. The van der Waals surface area contributed by atoms with E-state index in [1.165, 1.54) is 6.07 Å². The van der Waals surface area contributed by atoms with Gasteiger partial charge < -0.3 is 15.6 Å². The number of hydrogen-bond acceptors (Lipinski definition) is 4. The SMILES string of the molecule is NCC(=O)c1c(O)ccc2c1COC2. The third-order valence-corrected chi connectivity index (χ3v) is 2.36. The van der Waals surface area contributed by atoms with E-state index in [0.717, 1.165) is 11.1 Å². The summed E-state index contributed by atoms with van der Waals surface area (Å²) in [6.07, 6.45) is 0. The van der Waals surface area contributed by atoms with Crippen LogP contribution in [-0.2, 0) is 18.0 Å². The first-order valence-corrected chi connectivity index (χ1v) is 4.38. The van der Waals surface area contributed by atoms with Crippen LogP contribution in [0.3, 0.4) is 0 Å². The van der Waals surface area contributed by atoms with Gasteiger partial charge in [0.05, 0.1) is 25.3 Å². The number of ketones is 1. The van der Waals surface area contributed by atoms with Crippen LogP contribution in [0.1, 0.15) is 21.5 Å². The zero-order chi connectivity index (χ0) is 10.1. The summed E-state index contributed by atoms with van der Waals surface area (Å²) in [4.78, 5) is 11.5. The largest absolute Gasteiger partial charge is 0.507 e. The normalized spacial score (nSPS) is 14.1. The van der Waals surface area contributed by atoms with Crippen LogP contribution in [0.25, 0.3) is 0 Å². The van der Waals surface area contributed by atoms with Crippen LogP contribution < -0.4 is 5.73 Å². The van der Waals surface area contributed by atoms with Crippen molar-refractivity contribution in [3.8, 4) is 5.75 Å². The van der Waals surface area contributed by atoms with Gasteiger partial charge in [-0.3, -0.25) is 4.79 Å². The van der Waals surface area contributed by atoms with E-state index in [1.807, 2.05) is 0 Å². The number of hydrogen-bond donors (Lipinski definition) is 2. The fourth-order valence-electron chi connectivity index (χ4n) is 1.65. The molecule has 0 spiro atoms. The second-order valence-corrected chi connectivity index (χ2v) is 3.22. The standard InChI is InChI=1S/C10H11NO3/c11-3-9(13)10-7-5-14-4-6(7)1-2-8(10)12/h1-2,12H,3-5,11H2. The minimum absolute atomic E-state index is 0.00954. The number of aromatic hydroxyl groups is 1. The maximum atomic E-state index is 11.5. The number of fused-ring (bicyclic) bond motifs is 1. The van der Waals surface area contributed by atoms with E-state index in [-0.39, 0.29) is 18.1 Å². The van der Waals surface area contributed by atoms with Crippen LogP contribution >= 0.6 is 0 Å². The zero-order valence-electron chi connectivity index (χ0n) is 7.62. The molecular formula is C10H11NO3. The molecule has 0 bridgehead atoms. The second-order valence-electron chi connectivity index (χ2n) is 3.22. The van der Waals surface area contributed by atoms with Crippen molar-refractivity contribution >= 4 is 5.78 Å². The lowest BCUT2D eigenvalue weighted by Crippen LogP contribution is -2.15. The number of rotatable bonds is 2. The summed E-state index contributed by atoms with van der Waals surface area (Å²) in [5, 5.41) is 9.54. The highest BCUT2D eigenvalue weighted by Gasteiger charge is 2.21. The molecule has 0 atom stereocenters. The Balaban J connectivity index is 2.57. The summed E-state index contributed by atoms with van der Waals surface area (Å²) in [6, 6.07) is 3.28. The maximum absolute atomic E-state index is 11.5. The number of ether oxygens (including phenoxy) is 1. The van der Waals surface area contributed by atoms with Crippen LogP contribution in [0.2, 0.25) is 0 Å². The minimum atomic E-state index is -0.246. The Bertz CT molecular complexity index is 387. The number of carbonyl (C=O) groups excluding carboxylic acids is 1. The predicted octanol–water partition coefficient (Wildman–Crippen LogP) is 0.564. The topological polar surface area (TPSA) is 72.6 Å². The predicted molar refractivity (Wildman–Crippen MR) is 50.0 cm³/mol. The zero-order valence-corrected chi connectivity index (χ0v) is 7.62. The summed E-state index contributed by atoms with van der Waals surface area (Å²) >= 11 is 0. The van der Waals surface area contributed by atoms with Crippen LogP contribution in [0.15, 0.2) is 12.1 Å². The van der Waals surface area contributed by atoms with Crippen molar-refractivity contribution in [3.63, 3.8) is 0 Å². The fourth-order valence-corrected chi connectivity index (χ4v) is 1.65. The molecule has 14 heavy (non-hydrogen) atoms. The smallest absolute Gasteiger partial charge is 0.180 e. The molecule has 4 heteroatoms.